The first-order valence-electron chi connectivity index (χ1n) is 7.00. The molecule has 0 spiro atoms. The molecular formula is C16H16ClN3O. The van der Waals surface area contributed by atoms with E-state index in [0.717, 1.165) is 18.8 Å². The molecule has 3 rings (SSSR count). The number of amides is 1. The topological polar surface area (TPSA) is 45.2 Å². The first-order valence-corrected chi connectivity index (χ1v) is 7.38. The number of hydrogen-bond donors (Lipinski definition) is 1. The molecule has 1 aromatic heterocycles. The van der Waals surface area contributed by atoms with Crippen molar-refractivity contribution >= 4 is 28.9 Å². The minimum absolute atomic E-state index is 0.248. The van der Waals surface area contributed by atoms with E-state index in [2.05, 4.69) is 15.2 Å². The summed E-state index contributed by atoms with van der Waals surface area (Å²) in [4.78, 5) is 18.4. The Hall–Kier alpha value is -2.07. The summed E-state index contributed by atoms with van der Waals surface area (Å²) >= 11 is 5.99. The molecule has 1 aliphatic heterocycles. The zero-order valence-electron chi connectivity index (χ0n) is 11.6. The van der Waals surface area contributed by atoms with Crippen LogP contribution in [0.2, 0.25) is 5.02 Å². The fraction of sp³-hybridized carbons (Fsp3) is 0.250. The van der Waals surface area contributed by atoms with E-state index in [4.69, 9.17) is 11.6 Å². The van der Waals surface area contributed by atoms with Gasteiger partial charge in [0.1, 0.15) is 0 Å². The second-order valence-electron chi connectivity index (χ2n) is 5.05. The van der Waals surface area contributed by atoms with Crippen LogP contribution in [-0.2, 0) is 0 Å². The highest BCUT2D eigenvalue weighted by atomic mass is 35.5. The van der Waals surface area contributed by atoms with Crippen molar-refractivity contribution in [3.8, 4) is 0 Å². The molecule has 2 heterocycles. The van der Waals surface area contributed by atoms with Gasteiger partial charge in [-0.05, 0) is 43.2 Å². The minimum Gasteiger partial charge on any atom is -0.372 e. The molecule has 0 aliphatic carbocycles. The lowest BCUT2D eigenvalue weighted by Crippen LogP contribution is -2.17. The molecule has 1 saturated heterocycles. The molecular weight excluding hydrogens is 286 g/mol. The molecule has 2 aromatic rings. The predicted molar refractivity (Wildman–Crippen MR) is 85.1 cm³/mol. The highest BCUT2D eigenvalue weighted by molar-refractivity contribution is 6.34. The fourth-order valence-electron chi connectivity index (χ4n) is 2.47. The Morgan fingerprint density at radius 2 is 1.86 bits per heavy atom. The number of hydrogen-bond acceptors (Lipinski definition) is 3. The van der Waals surface area contributed by atoms with Crippen molar-refractivity contribution in [1.29, 1.82) is 0 Å². The van der Waals surface area contributed by atoms with Gasteiger partial charge in [-0.3, -0.25) is 9.78 Å². The third-order valence-electron chi connectivity index (χ3n) is 3.61. The van der Waals surface area contributed by atoms with Crippen molar-refractivity contribution in [1.82, 2.24) is 4.98 Å². The molecule has 108 valence electrons. The number of carbonyl (C=O) groups excluding carboxylic acids is 1. The van der Waals surface area contributed by atoms with E-state index in [9.17, 15) is 4.79 Å². The Morgan fingerprint density at radius 3 is 2.52 bits per heavy atom. The number of halogens is 1. The smallest absolute Gasteiger partial charge is 0.258 e. The van der Waals surface area contributed by atoms with E-state index in [1.807, 2.05) is 24.3 Å². The van der Waals surface area contributed by atoms with Crippen molar-refractivity contribution in [3.63, 3.8) is 0 Å². The van der Waals surface area contributed by atoms with Gasteiger partial charge in [0.05, 0.1) is 10.6 Å². The molecule has 21 heavy (non-hydrogen) atoms. The standard InChI is InChI=1S/C16H16ClN3O/c17-15-7-8-18-11-14(15)16(21)19-12-3-5-13(6-4-12)20-9-1-2-10-20/h3-8,11H,1-2,9-10H2,(H,19,21). The van der Waals surface area contributed by atoms with Gasteiger partial charge in [0, 0.05) is 36.9 Å². The maximum Gasteiger partial charge on any atom is 0.258 e. The highest BCUT2D eigenvalue weighted by Gasteiger charge is 2.13. The molecule has 5 heteroatoms. The van der Waals surface area contributed by atoms with Gasteiger partial charge in [0.2, 0.25) is 0 Å². The second-order valence-corrected chi connectivity index (χ2v) is 5.46. The maximum atomic E-state index is 12.1. The van der Waals surface area contributed by atoms with Crippen LogP contribution in [0.3, 0.4) is 0 Å². The Bertz CT molecular complexity index is 636. The number of anilines is 2. The fourth-order valence-corrected chi connectivity index (χ4v) is 2.66. The number of pyridine rings is 1. The zero-order chi connectivity index (χ0) is 14.7. The van der Waals surface area contributed by atoms with Gasteiger partial charge in [0.25, 0.3) is 5.91 Å². The summed E-state index contributed by atoms with van der Waals surface area (Å²) in [5.41, 5.74) is 2.33. The van der Waals surface area contributed by atoms with E-state index in [-0.39, 0.29) is 5.91 Å². The van der Waals surface area contributed by atoms with Gasteiger partial charge in [-0.25, -0.2) is 0 Å². The monoisotopic (exact) mass is 301 g/mol. The van der Waals surface area contributed by atoms with Crippen LogP contribution in [0.4, 0.5) is 11.4 Å². The molecule has 1 aromatic carbocycles. The van der Waals surface area contributed by atoms with Crippen molar-refractivity contribution < 1.29 is 4.79 Å². The molecule has 0 bridgehead atoms. The second kappa shape index (κ2) is 6.14. The first-order chi connectivity index (χ1) is 10.2. The van der Waals surface area contributed by atoms with Crippen LogP contribution in [0.15, 0.2) is 42.7 Å². The SMILES string of the molecule is O=C(Nc1ccc(N2CCCC2)cc1)c1cnccc1Cl. The zero-order valence-corrected chi connectivity index (χ0v) is 12.3. The summed E-state index contributed by atoms with van der Waals surface area (Å²) in [5.74, 6) is -0.248. The lowest BCUT2D eigenvalue weighted by atomic mass is 10.2. The van der Waals surface area contributed by atoms with Crippen LogP contribution >= 0.6 is 11.6 Å². The van der Waals surface area contributed by atoms with Crippen LogP contribution in [0.25, 0.3) is 0 Å². The summed E-state index contributed by atoms with van der Waals surface area (Å²) < 4.78 is 0. The first kappa shape index (κ1) is 13.9. The number of carbonyl (C=O) groups is 1. The molecule has 1 N–H and O–H groups in total. The molecule has 0 radical (unpaired) electrons. The van der Waals surface area contributed by atoms with Gasteiger partial charge in [-0.1, -0.05) is 11.6 Å². The van der Waals surface area contributed by atoms with E-state index in [0.29, 0.717) is 10.6 Å². The van der Waals surface area contributed by atoms with E-state index in [1.54, 1.807) is 12.3 Å². The minimum atomic E-state index is -0.248. The summed E-state index contributed by atoms with van der Waals surface area (Å²) in [6.45, 7) is 2.22. The third-order valence-corrected chi connectivity index (χ3v) is 3.94. The highest BCUT2D eigenvalue weighted by Crippen LogP contribution is 2.23. The number of aromatic nitrogens is 1. The summed E-state index contributed by atoms with van der Waals surface area (Å²) in [5, 5.41) is 3.23. The van der Waals surface area contributed by atoms with Crippen molar-refractivity contribution in [2.75, 3.05) is 23.3 Å². The average Bonchev–Trinajstić information content (AvgIpc) is 3.02. The summed E-state index contributed by atoms with van der Waals surface area (Å²) in [6, 6.07) is 9.50. The van der Waals surface area contributed by atoms with E-state index < -0.39 is 0 Å². The lowest BCUT2D eigenvalue weighted by molar-refractivity contribution is 0.102. The number of nitrogens with one attached hydrogen (secondary N) is 1. The largest absolute Gasteiger partial charge is 0.372 e. The Morgan fingerprint density at radius 1 is 1.14 bits per heavy atom. The molecule has 1 aliphatic rings. The van der Waals surface area contributed by atoms with E-state index in [1.165, 1.54) is 24.7 Å². The predicted octanol–water partition coefficient (Wildman–Crippen LogP) is 3.59. The van der Waals surface area contributed by atoms with Crippen LogP contribution in [0.5, 0.6) is 0 Å². The lowest BCUT2D eigenvalue weighted by Gasteiger charge is -2.17. The number of rotatable bonds is 3. The van der Waals surface area contributed by atoms with Crippen molar-refractivity contribution in [3.05, 3.63) is 53.3 Å². The van der Waals surface area contributed by atoms with Crippen LogP contribution < -0.4 is 10.2 Å². The Labute approximate surface area is 128 Å². The van der Waals surface area contributed by atoms with Crippen LogP contribution in [0.1, 0.15) is 23.2 Å². The summed E-state index contributed by atoms with van der Waals surface area (Å²) in [7, 11) is 0. The molecule has 0 unspecified atom stereocenters. The van der Waals surface area contributed by atoms with Gasteiger partial charge >= 0.3 is 0 Å². The Balaban J connectivity index is 1.70. The normalized spacial score (nSPS) is 14.2. The molecule has 0 saturated carbocycles. The number of nitrogens with zero attached hydrogens (tertiary/aromatic N) is 2. The quantitative estimate of drug-likeness (QED) is 0.942. The van der Waals surface area contributed by atoms with Crippen molar-refractivity contribution in [2.24, 2.45) is 0 Å². The van der Waals surface area contributed by atoms with E-state index >= 15 is 0 Å². The van der Waals surface area contributed by atoms with Gasteiger partial charge in [-0.15, -0.1) is 0 Å². The molecule has 0 atom stereocenters. The van der Waals surface area contributed by atoms with Gasteiger partial charge in [0.15, 0.2) is 0 Å². The Kier molecular flexibility index (Phi) is 4.06. The van der Waals surface area contributed by atoms with Gasteiger partial charge in [-0.2, -0.15) is 0 Å². The average molecular weight is 302 g/mol. The third kappa shape index (κ3) is 3.16. The molecule has 1 fully saturated rings. The maximum absolute atomic E-state index is 12.1. The van der Waals surface area contributed by atoms with Crippen molar-refractivity contribution in [2.45, 2.75) is 12.8 Å². The molecule has 1 amide bonds. The van der Waals surface area contributed by atoms with Gasteiger partial charge < -0.3 is 10.2 Å². The van der Waals surface area contributed by atoms with Crippen LogP contribution in [-0.4, -0.2) is 24.0 Å². The summed E-state index contributed by atoms with van der Waals surface area (Å²) in [6.07, 6.45) is 5.52. The molecule has 4 nitrogen and oxygen atoms in total. The number of benzene rings is 1. The van der Waals surface area contributed by atoms with Crippen LogP contribution in [0, 0.1) is 0 Å².